The number of rotatable bonds is 5. The zero-order valence-corrected chi connectivity index (χ0v) is 11.6. The van der Waals surface area contributed by atoms with Gasteiger partial charge in [0.05, 0.1) is 24.0 Å². The highest BCUT2D eigenvalue weighted by Crippen LogP contribution is 2.10. The van der Waals surface area contributed by atoms with Gasteiger partial charge < -0.3 is 14.5 Å². The molecule has 1 saturated heterocycles. The fourth-order valence-corrected chi connectivity index (χ4v) is 2.47. The van der Waals surface area contributed by atoms with Crippen molar-refractivity contribution in [3.05, 3.63) is 24.2 Å². The Morgan fingerprint density at radius 3 is 2.79 bits per heavy atom. The molecule has 0 radical (unpaired) electrons. The summed E-state index contributed by atoms with van der Waals surface area (Å²) in [5.74, 6) is -0.0718. The minimum Gasteiger partial charge on any atom is -0.472 e. The second-order valence-corrected chi connectivity index (χ2v) is 5.14. The highest BCUT2D eigenvalue weighted by atomic mass is 16.5. The molecule has 1 aliphatic heterocycles. The van der Waals surface area contributed by atoms with Crippen LogP contribution in [0.3, 0.4) is 0 Å². The summed E-state index contributed by atoms with van der Waals surface area (Å²) < 4.78 is 10.6. The van der Waals surface area contributed by atoms with Crippen molar-refractivity contribution in [2.75, 3.05) is 26.2 Å². The maximum absolute atomic E-state index is 11.7. The third-order valence-corrected chi connectivity index (χ3v) is 3.22. The first-order valence-corrected chi connectivity index (χ1v) is 6.83. The van der Waals surface area contributed by atoms with Gasteiger partial charge in [-0.2, -0.15) is 0 Å². The number of nitrogens with zero attached hydrogens (tertiary/aromatic N) is 1. The number of amides is 1. The number of carbonyl (C=O) groups excluding carboxylic acids is 1. The molecule has 0 unspecified atom stereocenters. The number of nitrogens with one attached hydrogen (secondary N) is 1. The summed E-state index contributed by atoms with van der Waals surface area (Å²) in [6.07, 6.45) is 4.50. The van der Waals surface area contributed by atoms with Gasteiger partial charge in [0.2, 0.25) is 0 Å². The van der Waals surface area contributed by atoms with E-state index in [9.17, 15) is 4.79 Å². The largest absolute Gasteiger partial charge is 0.472 e. The average molecular weight is 266 g/mol. The Hall–Kier alpha value is -1.33. The zero-order valence-electron chi connectivity index (χ0n) is 11.6. The summed E-state index contributed by atoms with van der Waals surface area (Å²) in [7, 11) is 0. The van der Waals surface area contributed by atoms with Gasteiger partial charge >= 0.3 is 0 Å². The van der Waals surface area contributed by atoms with E-state index in [1.807, 2.05) is 0 Å². The first-order chi connectivity index (χ1) is 9.15. The summed E-state index contributed by atoms with van der Waals surface area (Å²) in [5.41, 5.74) is 0.577. The van der Waals surface area contributed by atoms with Crippen LogP contribution in [0.5, 0.6) is 0 Å². The van der Waals surface area contributed by atoms with Crippen molar-refractivity contribution in [3.8, 4) is 0 Å². The van der Waals surface area contributed by atoms with Crippen LogP contribution in [0.1, 0.15) is 30.6 Å². The van der Waals surface area contributed by atoms with Crippen LogP contribution in [0.2, 0.25) is 0 Å². The second kappa shape index (κ2) is 6.73. The van der Waals surface area contributed by atoms with Crippen LogP contribution in [0.15, 0.2) is 23.0 Å². The topological polar surface area (TPSA) is 54.7 Å². The van der Waals surface area contributed by atoms with E-state index < -0.39 is 0 Å². The molecule has 1 aromatic rings. The van der Waals surface area contributed by atoms with Crippen LogP contribution in [0, 0.1) is 0 Å². The van der Waals surface area contributed by atoms with Crippen LogP contribution < -0.4 is 5.32 Å². The van der Waals surface area contributed by atoms with E-state index in [1.54, 1.807) is 6.07 Å². The molecule has 5 nitrogen and oxygen atoms in total. The molecule has 1 fully saturated rings. The molecule has 0 saturated carbocycles. The van der Waals surface area contributed by atoms with E-state index in [2.05, 4.69) is 24.1 Å². The third-order valence-electron chi connectivity index (χ3n) is 3.22. The van der Waals surface area contributed by atoms with Gasteiger partial charge in [-0.15, -0.1) is 0 Å². The summed E-state index contributed by atoms with van der Waals surface area (Å²) in [6.45, 7) is 7.82. The quantitative estimate of drug-likeness (QED) is 0.821. The fraction of sp³-hybridized carbons (Fsp3) is 0.643. The minimum absolute atomic E-state index is 0.0718. The smallest absolute Gasteiger partial charge is 0.254 e. The van der Waals surface area contributed by atoms with Crippen molar-refractivity contribution in [2.45, 2.75) is 32.5 Å². The number of hydrogen-bond acceptors (Lipinski definition) is 4. The van der Waals surface area contributed by atoms with Crippen molar-refractivity contribution < 1.29 is 13.9 Å². The van der Waals surface area contributed by atoms with Crippen LogP contribution in [-0.2, 0) is 4.74 Å². The third kappa shape index (κ3) is 4.36. The number of morpholine rings is 1. The Morgan fingerprint density at radius 2 is 2.16 bits per heavy atom. The Morgan fingerprint density at radius 1 is 1.42 bits per heavy atom. The van der Waals surface area contributed by atoms with Crippen molar-refractivity contribution in [1.29, 1.82) is 0 Å². The van der Waals surface area contributed by atoms with Crippen molar-refractivity contribution in [2.24, 2.45) is 0 Å². The van der Waals surface area contributed by atoms with Crippen LogP contribution >= 0.6 is 0 Å². The van der Waals surface area contributed by atoms with E-state index in [1.165, 1.54) is 12.5 Å². The number of carbonyl (C=O) groups is 1. The molecule has 0 spiro atoms. The number of furan rings is 1. The lowest BCUT2D eigenvalue weighted by Crippen LogP contribution is -2.46. The summed E-state index contributed by atoms with van der Waals surface area (Å²) in [6, 6.07) is 1.67. The highest BCUT2D eigenvalue weighted by molar-refractivity contribution is 5.93. The molecule has 19 heavy (non-hydrogen) atoms. The lowest BCUT2D eigenvalue weighted by molar-refractivity contribution is -0.0679. The number of hydrogen-bond donors (Lipinski definition) is 1. The lowest BCUT2D eigenvalue weighted by atomic mass is 10.2. The maximum atomic E-state index is 11.7. The monoisotopic (exact) mass is 266 g/mol. The molecule has 2 heterocycles. The fourth-order valence-electron chi connectivity index (χ4n) is 2.47. The first-order valence-electron chi connectivity index (χ1n) is 6.83. The van der Waals surface area contributed by atoms with Crippen molar-refractivity contribution in [1.82, 2.24) is 10.2 Å². The van der Waals surface area contributed by atoms with Crippen molar-refractivity contribution >= 4 is 5.91 Å². The normalized spacial score (nSPS) is 24.3. The predicted molar refractivity (Wildman–Crippen MR) is 72.1 cm³/mol. The van der Waals surface area contributed by atoms with E-state index in [-0.39, 0.29) is 5.91 Å². The Labute approximate surface area is 113 Å². The summed E-state index contributed by atoms with van der Waals surface area (Å²) in [4.78, 5) is 14.0. The zero-order chi connectivity index (χ0) is 13.7. The van der Waals surface area contributed by atoms with Crippen LogP contribution in [-0.4, -0.2) is 49.2 Å². The van der Waals surface area contributed by atoms with E-state index in [4.69, 9.17) is 9.15 Å². The molecule has 5 heteroatoms. The molecule has 0 aromatic carbocycles. The van der Waals surface area contributed by atoms with Crippen LogP contribution in [0.25, 0.3) is 0 Å². The molecule has 106 valence electrons. The second-order valence-electron chi connectivity index (χ2n) is 5.14. The van der Waals surface area contributed by atoms with Gasteiger partial charge in [0.15, 0.2) is 0 Å². The SMILES string of the molecule is C[C@H]1CN(CCCNC(=O)c2ccoc2)C[C@H](C)O1. The molecule has 1 amide bonds. The first kappa shape index (κ1) is 14.1. The maximum Gasteiger partial charge on any atom is 0.254 e. The number of ether oxygens (including phenoxy) is 1. The standard InChI is InChI=1S/C14H22N2O3/c1-11-8-16(9-12(2)19-11)6-3-5-15-14(17)13-4-7-18-10-13/h4,7,10-12H,3,5-6,8-9H2,1-2H3,(H,15,17)/t11-,12-/m0/s1. The lowest BCUT2D eigenvalue weighted by Gasteiger charge is -2.35. The Kier molecular flexibility index (Phi) is 4.99. The highest BCUT2D eigenvalue weighted by Gasteiger charge is 2.21. The van der Waals surface area contributed by atoms with Gasteiger partial charge in [-0.25, -0.2) is 0 Å². The van der Waals surface area contributed by atoms with E-state index in [0.29, 0.717) is 24.3 Å². The summed E-state index contributed by atoms with van der Waals surface area (Å²) >= 11 is 0. The minimum atomic E-state index is -0.0718. The predicted octanol–water partition coefficient (Wildman–Crippen LogP) is 1.51. The van der Waals surface area contributed by atoms with Crippen LogP contribution in [0.4, 0.5) is 0 Å². The molecule has 1 aromatic heterocycles. The van der Waals surface area contributed by atoms with Gasteiger partial charge in [-0.05, 0) is 26.3 Å². The molecular weight excluding hydrogens is 244 g/mol. The van der Waals surface area contributed by atoms with Gasteiger partial charge in [0.1, 0.15) is 6.26 Å². The van der Waals surface area contributed by atoms with E-state index in [0.717, 1.165) is 26.1 Å². The van der Waals surface area contributed by atoms with E-state index >= 15 is 0 Å². The molecule has 1 aliphatic rings. The van der Waals surface area contributed by atoms with Gasteiger partial charge in [0, 0.05) is 26.2 Å². The van der Waals surface area contributed by atoms with Crippen molar-refractivity contribution in [3.63, 3.8) is 0 Å². The average Bonchev–Trinajstić information content (AvgIpc) is 2.87. The molecule has 2 rings (SSSR count). The summed E-state index contributed by atoms with van der Waals surface area (Å²) in [5, 5.41) is 2.89. The Balaban J connectivity index is 1.63. The Bertz CT molecular complexity index is 381. The molecule has 0 aliphatic carbocycles. The van der Waals surface area contributed by atoms with Gasteiger partial charge in [-0.1, -0.05) is 0 Å². The molecular formula is C14H22N2O3. The van der Waals surface area contributed by atoms with Gasteiger partial charge in [0.25, 0.3) is 5.91 Å². The van der Waals surface area contributed by atoms with Gasteiger partial charge in [-0.3, -0.25) is 9.69 Å². The molecule has 2 atom stereocenters. The molecule has 0 bridgehead atoms. The molecule has 1 N–H and O–H groups in total.